The molecule has 0 atom stereocenters. The van der Waals surface area contributed by atoms with Crippen LogP contribution in [0.1, 0.15) is 0 Å². The van der Waals surface area contributed by atoms with Crippen molar-refractivity contribution in [3.63, 3.8) is 0 Å². The van der Waals surface area contributed by atoms with Crippen LogP contribution in [-0.2, 0) is 0 Å². The molecule has 0 spiro atoms. The largest absolute Gasteiger partial charge is 0.384 e. The van der Waals surface area contributed by atoms with Crippen LogP contribution in [0.25, 0.3) is 16.9 Å². The van der Waals surface area contributed by atoms with Gasteiger partial charge in [0.15, 0.2) is 5.65 Å². The summed E-state index contributed by atoms with van der Waals surface area (Å²) in [4.78, 5) is 4.33. The van der Waals surface area contributed by atoms with Crippen molar-refractivity contribution < 1.29 is 4.39 Å². The zero-order valence-electron chi connectivity index (χ0n) is 9.14. The Morgan fingerprint density at radius 1 is 1.22 bits per heavy atom. The summed E-state index contributed by atoms with van der Waals surface area (Å²) in [6.07, 6.45) is 1.60. The van der Waals surface area contributed by atoms with Crippen molar-refractivity contribution in [3.05, 3.63) is 46.8 Å². The number of hydrogen-bond donors (Lipinski definition) is 1. The molecule has 0 radical (unpaired) electrons. The molecule has 0 bridgehead atoms. The van der Waals surface area contributed by atoms with Gasteiger partial charge in [-0.15, -0.1) is 0 Å². The highest BCUT2D eigenvalue weighted by atomic mass is 79.9. The third-order valence-corrected chi connectivity index (χ3v) is 3.08. The van der Waals surface area contributed by atoms with Crippen molar-refractivity contribution in [1.82, 2.24) is 14.6 Å². The van der Waals surface area contributed by atoms with Gasteiger partial charge in [0.2, 0.25) is 0 Å². The Morgan fingerprint density at radius 2 is 2.06 bits per heavy atom. The maximum atomic E-state index is 13.8. The fourth-order valence-electron chi connectivity index (χ4n) is 1.77. The van der Waals surface area contributed by atoms with Gasteiger partial charge in [0.05, 0.1) is 11.9 Å². The molecule has 3 rings (SSSR count). The molecule has 6 heteroatoms. The zero-order valence-corrected chi connectivity index (χ0v) is 10.7. The number of nitrogens with two attached hydrogens (primary N) is 1. The van der Waals surface area contributed by atoms with E-state index in [1.807, 2.05) is 0 Å². The lowest BCUT2D eigenvalue weighted by Crippen LogP contribution is -2.01. The van der Waals surface area contributed by atoms with Gasteiger partial charge in [0.25, 0.3) is 0 Å². The maximum Gasteiger partial charge on any atom is 0.157 e. The number of anilines is 1. The van der Waals surface area contributed by atoms with E-state index >= 15 is 0 Å². The summed E-state index contributed by atoms with van der Waals surface area (Å²) in [6, 6.07) is 8.02. The second kappa shape index (κ2) is 4.06. The smallest absolute Gasteiger partial charge is 0.157 e. The van der Waals surface area contributed by atoms with Crippen LogP contribution in [-0.4, -0.2) is 14.6 Å². The van der Waals surface area contributed by atoms with Crippen LogP contribution in [0.5, 0.6) is 0 Å². The van der Waals surface area contributed by atoms with Crippen LogP contribution in [0.4, 0.5) is 10.2 Å². The van der Waals surface area contributed by atoms with Gasteiger partial charge in [-0.1, -0.05) is 15.9 Å². The Morgan fingerprint density at radius 3 is 2.89 bits per heavy atom. The predicted octanol–water partition coefficient (Wildman–Crippen LogP) is 2.88. The van der Waals surface area contributed by atoms with Gasteiger partial charge >= 0.3 is 0 Å². The third kappa shape index (κ3) is 1.74. The molecule has 3 aromatic rings. The van der Waals surface area contributed by atoms with Crippen molar-refractivity contribution in [3.8, 4) is 11.3 Å². The Kier molecular flexibility index (Phi) is 2.52. The van der Waals surface area contributed by atoms with Crippen molar-refractivity contribution in [2.45, 2.75) is 0 Å². The van der Waals surface area contributed by atoms with Gasteiger partial charge in [0, 0.05) is 22.2 Å². The average Bonchev–Trinajstić information content (AvgIpc) is 2.81. The summed E-state index contributed by atoms with van der Waals surface area (Å²) >= 11 is 3.31. The molecule has 0 saturated heterocycles. The summed E-state index contributed by atoms with van der Waals surface area (Å²) in [5.41, 5.74) is 7.33. The molecule has 18 heavy (non-hydrogen) atoms. The molecular formula is C12H8BrFN4. The zero-order chi connectivity index (χ0) is 12.7. The van der Waals surface area contributed by atoms with Crippen LogP contribution in [0.2, 0.25) is 0 Å². The number of halogens is 2. The van der Waals surface area contributed by atoms with Gasteiger partial charge in [-0.25, -0.2) is 9.37 Å². The Hall–Kier alpha value is -1.95. The van der Waals surface area contributed by atoms with Crippen molar-refractivity contribution >= 4 is 27.4 Å². The SMILES string of the molecule is Nc1cc(-c2cc(Br)ccc2F)nc2ccnn12. The minimum atomic E-state index is -0.339. The number of nitrogens with zero attached hydrogens (tertiary/aromatic N) is 3. The van der Waals surface area contributed by atoms with Gasteiger partial charge in [-0.2, -0.15) is 9.61 Å². The molecule has 1 aromatic carbocycles. The first-order valence-electron chi connectivity index (χ1n) is 5.21. The molecule has 0 saturated carbocycles. The van der Waals surface area contributed by atoms with E-state index in [1.165, 1.54) is 10.6 Å². The molecule has 0 aliphatic heterocycles. The van der Waals surface area contributed by atoms with E-state index in [1.54, 1.807) is 30.5 Å². The minimum absolute atomic E-state index is 0.339. The first-order valence-corrected chi connectivity index (χ1v) is 6.00. The highest BCUT2D eigenvalue weighted by molar-refractivity contribution is 9.10. The number of aromatic nitrogens is 3. The lowest BCUT2D eigenvalue weighted by Gasteiger charge is -2.06. The van der Waals surface area contributed by atoms with E-state index in [0.29, 0.717) is 22.7 Å². The normalized spacial score (nSPS) is 11.0. The van der Waals surface area contributed by atoms with Crippen molar-refractivity contribution in [2.75, 3.05) is 5.73 Å². The van der Waals surface area contributed by atoms with E-state index in [4.69, 9.17) is 5.73 Å². The van der Waals surface area contributed by atoms with Gasteiger partial charge in [0.1, 0.15) is 11.6 Å². The van der Waals surface area contributed by atoms with Gasteiger partial charge in [-0.3, -0.25) is 0 Å². The van der Waals surface area contributed by atoms with Crippen LogP contribution < -0.4 is 5.73 Å². The van der Waals surface area contributed by atoms with E-state index in [9.17, 15) is 4.39 Å². The van der Waals surface area contributed by atoms with Crippen LogP contribution in [0.3, 0.4) is 0 Å². The molecule has 2 heterocycles. The molecule has 0 aliphatic rings. The van der Waals surface area contributed by atoms with Crippen molar-refractivity contribution in [1.29, 1.82) is 0 Å². The molecule has 0 fully saturated rings. The summed E-state index contributed by atoms with van der Waals surface area (Å²) in [5, 5.41) is 4.02. The monoisotopic (exact) mass is 306 g/mol. The predicted molar refractivity (Wildman–Crippen MR) is 70.5 cm³/mol. The maximum absolute atomic E-state index is 13.8. The lowest BCUT2D eigenvalue weighted by molar-refractivity contribution is 0.630. The Balaban J connectivity index is 2.27. The highest BCUT2D eigenvalue weighted by Crippen LogP contribution is 2.26. The number of benzene rings is 1. The molecular weight excluding hydrogens is 299 g/mol. The molecule has 90 valence electrons. The summed E-state index contributed by atoms with van der Waals surface area (Å²) < 4.78 is 16.1. The summed E-state index contributed by atoms with van der Waals surface area (Å²) in [5.74, 6) is 0.0772. The van der Waals surface area contributed by atoms with E-state index < -0.39 is 0 Å². The Labute approximate surface area is 110 Å². The fraction of sp³-hybridized carbons (Fsp3) is 0. The second-order valence-corrected chi connectivity index (χ2v) is 4.71. The highest BCUT2D eigenvalue weighted by Gasteiger charge is 2.10. The van der Waals surface area contributed by atoms with E-state index in [-0.39, 0.29) is 5.82 Å². The summed E-state index contributed by atoms with van der Waals surface area (Å²) in [6.45, 7) is 0. The molecule has 2 N–H and O–H groups in total. The Bertz CT molecular complexity index is 738. The number of fused-ring (bicyclic) bond motifs is 1. The molecule has 2 aromatic heterocycles. The molecule has 0 unspecified atom stereocenters. The minimum Gasteiger partial charge on any atom is -0.384 e. The number of hydrogen-bond acceptors (Lipinski definition) is 3. The third-order valence-electron chi connectivity index (χ3n) is 2.59. The van der Waals surface area contributed by atoms with E-state index in [2.05, 4.69) is 26.0 Å². The lowest BCUT2D eigenvalue weighted by atomic mass is 10.1. The topological polar surface area (TPSA) is 56.2 Å². The molecule has 0 amide bonds. The number of nitrogen functional groups attached to an aromatic ring is 1. The summed E-state index contributed by atoms with van der Waals surface area (Å²) in [7, 11) is 0. The average molecular weight is 307 g/mol. The standard InChI is InChI=1S/C12H8BrFN4/c13-7-1-2-9(14)8(5-7)10-6-11(15)18-12(17-10)3-4-16-18/h1-6H,15H2. The second-order valence-electron chi connectivity index (χ2n) is 3.79. The quantitative estimate of drug-likeness (QED) is 0.752. The van der Waals surface area contributed by atoms with Crippen LogP contribution in [0, 0.1) is 5.82 Å². The van der Waals surface area contributed by atoms with Crippen LogP contribution >= 0.6 is 15.9 Å². The van der Waals surface area contributed by atoms with Crippen molar-refractivity contribution in [2.24, 2.45) is 0 Å². The first kappa shape index (κ1) is 11.2. The first-order chi connectivity index (χ1) is 8.65. The van der Waals surface area contributed by atoms with Gasteiger partial charge in [-0.05, 0) is 18.2 Å². The number of rotatable bonds is 1. The molecule has 0 aliphatic carbocycles. The van der Waals surface area contributed by atoms with Crippen LogP contribution in [0.15, 0.2) is 41.0 Å². The molecule has 4 nitrogen and oxygen atoms in total. The van der Waals surface area contributed by atoms with Gasteiger partial charge < -0.3 is 5.73 Å². The fourth-order valence-corrected chi connectivity index (χ4v) is 2.13. The van der Waals surface area contributed by atoms with E-state index in [0.717, 1.165) is 4.47 Å².